The van der Waals surface area contributed by atoms with E-state index in [9.17, 15) is 14.4 Å². The van der Waals surface area contributed by atoms with Crippen LogP contribution in [-0.4, -0.2) is 16.4 Å². The first-order valence-electron chi connectivity index (χ1n) is 11.3. The van der Waals surface area contributed by atoms with Crippen molar-refractivity contribution in [2.24, 2.45) is 0 Å². The van der Waals surface area contributed by atoms with Gasteiger partial charge >= 0.3 is 0 Å². The van der Waals surface area contributed by atoms with E-state index in [4.69, 9.17) is 0 Å². The van der Waals surface area contributed by atoms with E-state index in [2.05, 4.69) is 10.6 Å². The van der Waals surface area contributed by atoms with Crippen molar-refractivity contribution < 1.29 is 9.59 Å². The van der Waals surface area contributed by atoms with E-state index >= 15 is 0 Å². The minimum atomic E-state index is -0.212. The lowest BCUT2D eigenvalue weighted by Crippen LogP contribution is -2.28. The van der Waals surface area contributed by atoms with Crippen LogP contribution in [0.3, 0.4) is 0 Å². The maximum Gasteiger partial charge on any atom is 0.255 e. The molecule has 0 fully saturated rings. The van der Waals surface area contributed by atoms with Crippen LogP contribution in [0.15, 0.2) is 108 Å². The molecule has 35 heavy (non-hydrogen) atoms. The zero-order valence-electron chi connectivity index (χ0n) is 18.9. The van der Waals surface area contributed by atoms with E-state index in [1.165, 1.54) is 0 Å². The highest BCUT2D eigenvalue weighted by Gasteiger charge is 2.13. The largest absolute Gasteiger partial charge is 0.350 e. The number of pyridine rings is 1. The van der Waals surface area contributed by atoms with Crippen LogP contribution in [0.5, 0.6) is 0 Å². The van der Waals surface area contributed by atoms with Gasteiger partial charge in [0.25, 0.3) is 5.91 Å². The van der Waals surface area contributed by atoms with E-state index in [-0.39, 0.29) is 30.3 Å². The van der Waals surface area contributed by atoms with Crippen molar-refractivity contribution >= 4 is 39.3 Å². The van der Waals surface area contributed by atoms with Crippen LogP contribution in [0.2, 0.25) is 0 Å². The average Bonchev–Trinajstić information content (AvgIpc) is 2.90. The van der Waals surface area contributed by atoms with Crippen LogP contribution >= 0.6 is 0 Å². The van der Waals surface area contributed by atoms with Gasteiger partial charge in [0.15, 0.2) is 5.43 Å². The van der Waals surface area contributed by atoms with Crippen molar-refractivity contribution in [3.63, 3.8) is 0 Å². The van der Waals surface area contributed by atoms with Gasteiger partial charge in [-0.3, -0.25) is 14.4 Å². The highest BCUT2D eigenvalue weighted by molar-refractivity contribution is 6.04. The number of anilines is 1. The summed E-state index contributed by atoms with van der Waals surface area (Å²) in [5, 5.41) is 6.96. The zero-order valence-corrected chi connectivity index (χ0v) is 18.9. The van der Waals surface area contributed by atoms with Crippen molar-refractivity contribution in [2.45, 2.75) is 13.1 Å². The van der Waals surface area contributed by atoms with Gasteiger partial charge in [-0.05, 0) is 54.1 Å². The van der Waals surface area contributed by atoms with Crippen molar-refractivity contribution in [2.75, 3.05) is 5.32 Å². The standard InChI is InChI=1S/C29H23N3O3/c33-27(19-32-25-15-6-4-13-23(25)28(34)24-14-5-7-16-26(24)32)30-18-20-9-8-10-21(17-20)29(35)31-22-11-2-1-3-12-22/h1-17H,18-19H2,(H,30,33)(H,31,35). The number of nitrogens with zero attached hydrogens (tertiary/aromatic N) is 1. The molecule has 0 unspecified atom stereocenters. The second-order valence-electron chi connectivity index (χ2n) is 8.25. The molecule has 0 aliphatic heterocycles. The first kappa shape index (κ1) is 22.1. The number of rotatable bonds is 6. The Hall–Kier alpha value is -4.71. The van der Waals surface area contributed by atoms with Crippen molar-refractivity contribution in [3.05, 3.63) is 124 Å². The quantitative estimate of drug-likeness (QED) is 0.359. The lowest BCUT2D eigenvalue weighted by atomic mass is 10.1. The van der Waals surface area contributed by atoms with Crippen molar-refractivity contribution in [1.82, 2.24) is 9.88 Å². The summed E-state index contributed by atoms with van der Waals surface area (Å²) in [6.45, 7) is 0.344. The first-order valence-corrected chi connectivity index (χ1v) is 11.3. The number of amides is 2. The van der Waals surface area contributed by atoms with Crippen LogP contribution in [-0.2, 0) is 17.9 Å². The Morgan fingerprint density at radius 1 is 0.714 bits per heavy atom. The molecular formula is C29H23N3O3. The van der Waals surface area contributed by atoms with Gasteiger partial charge in [0.05, 0.1) is 11.0 Å². The summed E-state index contributed by atoms with van der Waals surface area (Å²) in [6, 6.07) is 31.1. The molecule has 6 heteroatoms. The topological polar surface area (TPSA) is 80.2 Å². The van der Waals surface area contributed by atoms with Gasteiger partial charge in [0.1, 0.15) is 6.54 Å². The number of nitrogens with one attached hydrogen (secondary N) is 2. The SMILES string of the molecule is O=C(Cn1c2ccccc2c(=O)c2ccccc21)NCc1cccc(C(=O)Nc2ccccc2)c1. The second-order valence-corrected chi connectivity index (χ2v) is 8.25. The van der Waals surface area contributed by atoms with Crippen LogP contribution < -0.4 is 16.1 Å². The molecule has 1 aromatic heterocycles. The highest BCUT2D eigenvalue weighted by Crippen LogP contribution is 2.19. The van der Waals surface area contributed by atoms with E-state index < -0.39 is 0 Å². The number of benzene rings is 4. The van der Waals surface area contributed by atoms with Gasteiger partial charge in [-0.25, -0.2) is 0 Å². The molecule has 2 N–H and O–H groups in total. The fraction of sp³-hybridized carbons (Fsp3) is 0.0690. The monoisotopic (exact) mass is 461 g/mol. The number of hydrogen-bond donors (Lipinski definition) is 2. The van der Waals surface area contributed by atoms with Crippen LogP contribution in [0.4, 0.5) is 5.69 Å². The number of carbonyl (C=O) groups excluding carboxylic acids is 2. The number of hydrogen-bond acceptors (Lipinski definition) is 3. The van der Waals surface area contributed by atoms with Crippen molar-refractivity contribution in [1.29, 1.82) is 0 Å². The van der Waals surface area contributed by atoms with Gasteiger partial charge in [-0.2, -0.15) is 0 Å². The van der Waals surface area contributed by atoms with Crippen LogP contribution in [0, 0.1) is 0 Å². The molecule has 0 atom stereocenters. The first-order chi connectivity index (χ1) is 17.1. The third-order valence-corrected chi connectivity index (χ3v) is 5.89. The predicted molar refractivity (Wildman–Crippen MR) is 138 cm³/mol. The Labute approximate surface area is 201 Å². The highest BCUT2D eigenvalue weighted by atomic mass is 16.2. The second kappa shape index (κ2) is 9.65. The number of fused-ring (bicyclic) bond motifs is 2. The summed E-state index contributed by atoms with van der Waals surface area (Å²) in [5.74, 6) is -0.404. The van der Waals surface area contributed by atoms with E-state index in [0.717, 1.165) is 11.3 Å². The van der Waals surface area contributed by atoms with Crippen LogP contribution in [0.25, 0.3) is 21.8 Å². The normalized spacial score (nSPS) is 10.9. The van der Waals surface area contributed by atoms with E-state index in [1.54, 1.807) is 30.3 Å². The summed E-state index contributed by atoms with van der Waals surface area (Å²) in [6.07, 6.45) is 0. The maximum atomic E-state index is 12.9. The number of carbonyl (C=O) groups is 2. The summed E-state index contributed by atoms with van der Waals surface area (Å²) in [7, 11) is 0. The Morgan fingerprint density at radius 2 is 1.34 bits per heavy atom. The number of aromatic nitrogens is 1. The van der Waals surface area contributed by atoms with E-state index in [1.807, 2.05) is 77.4 Å². The van der Waals surface area contributed by atoms with Gasteiger partial charge in [0.2, 0.25) is 5.91 Å². The summed E-state index contributed by atoms with van der Waals surface area (Å²) in [5.41, 5.74) is 3.43. The van der Waals surface area contributed by atoms with Gasteiger partial charge < -0.3 is 15.2 Å². The molecule has 6 nitrogen and oxygen atoms in total. The molecule has 2 amide bonds. The Kier molecular flexibility index (Phi) is 6.09. The lowest BCUT2D eigenvalue weighted by Gasteiger charge is -2.15. The molecule has 0 saturated carbocycles. The average molecular weight is 462 g/mol. The fourth-order valence-electron chi connectivity index (χ4n) is 4.19. The third kappa shape index (κ3) is 4.68. The van der Waals surface area contributed by atoms with Gasteiger partial charge in [0, 0.05) is 28.6 Å². The molecule has 0 spiro atoms. The Morgan fingerprint density at radius 3 is 2.03 bits per heavy atom. The molecule has 0 aliphatic rings. The fourth-order valence-corrected chi connectivity index (χ4v) is 4.19. The molecule has 4 aromatic carbocycles. The summed E-state index contributed by atoms with van der Waals surface area (Å²) in [4.78, 5) is 38.4. The Balaban J connectivity index is 1.33. The molecule has 5 aromatic rings. The van der Waals surface area contributed by atoms with Gasteiger partial charge in [-0.15, -0.1) is 0 Å². The summed E-state index contributed by atoms with van der Waals surface area (Å²) < 4.78 is 1.87. The molecule has 5 rings (SSSR count). The minimum Gasteiger partial charge on any atom is -0.350 e. The van der Waals surface area contributed by atoms with Crippen molar-refractivity contribution in [3.8, 4) is 0 Å². The smallest absolute Gasteiger partial charge is 0.255 e. The molecule has 172 valence electrons. The predicted octanol–water partition coefficient (Wildman–Crippen LogP) is 4.72. The van der Waals surface area contributed by atoms with Crippen LogP contribution in [0.1, 0.15) is 15.9 Å². The lowest BCUT2D eigenvalue weighted by molar-refractivity contribution is -0.121. The Bertz CT molecular complexity index is 1550. The molecule has 0 saturated heterocycles. The minimum absolute atomic E-state index is 0.0431. The van der Waals surface area contributed by atoms with E-state index in [0.29, 0.717) is 27.4 Å². The number of para-hydroxylation sites is 3. The maximum absolute atomic E-state index is 12.9. The summed E-state index contributed by atoms with van der Waals surface area (Å²) >= 11 is 0. The zero-order chi connectivity index (χ0) is 24.2. The molecule has 0 radical (unpaired) electrons. The molecule has 0 bridgehead atoms. The third-order valence-electron chi connectivity index (χ3n) is 5.89. The molecule has 1 heterocycles. The molecular weight excluding hydrogens is 438 g/mol. The van der Waals surface area contributed by atoms with Gasteiger partial charge in [-0.1, -0.05) is 54.6 Å². The molecule has 0 aliphatic carbocycles.